The van der Waals surface area contributed by atoms with Crippen LogP contribution in [0.15, 0.2) is 48.5 Å². The molecule has 0 N–H and O–H groups in total. The van der Waals surface area contributed by atoms with Crippen molar-refractivity contribution in [2.45, 2.75) is 0 Å². The summed E-state index contributed by atoms with van der Waals surface area (Å²) >= 11 is -2.34. The minimum atomic E-state index is -2.34. The first kappa shape index (κ1) is 8.87. The van der Waals surface area contributed by atoms with Crippen molar-refractivity contribution < 1.29 is 8.48 Å². The summed E-state index contributed by atoms with van der Waals surface area (Å²) in [4.78, 5) is 0. The number of para-hydroxylation sites is 2. The molecule has 1 aliphatic heterocycles. The Balaban J connectivity index is 2.24. The van der Waals surface area contributed by atoms with Crippen molar-refractivity contribution in [2.75, 3.05) is 0 Å². The fraction of sp³-hybridized carbons (Fsp3) is 0. The monoisotopic (exact) mass is 259 g/mol. The van der Waals surface area contributed by atoms with Gasteiger partial charge in [0.25, 0.3) is 0 Å². The standard InChI is InChI=1S/C12H8AsO2/c14-13-9-5-1-3-7-11(9)15-12-8-4-2-6-10(12)13/h1-8H. The SMILES string of the molecule is O=[As]1c2ccccc2Oc2ccccc21. The van der Waals surface area contributed by atoms with E-state index in [0.29, 0.717) is 0 Å². The molecule has 73 valence electrons. The predicted molar refractivity (Wildman–Crippen MR) is 58.7 cm³/mol. The van der Waals surface area contributed by atoms with E-state index in [1.165, 1.54) is 0 Å². The Hall–Kier alpha value is -1.40. The number of hydrogen-bond donors (Lipinski definition) is 0. The molecule has 0 spiro atoms. The molecule has 0 amide bonds. The summed E-state index contributed by atoms with van der Waals surface area (Å²) in [5.41, 5.74) is 0. The Morgan fingerprint density at radius 2 is 1.27 bits per heavy atom. The molecule has 1 radical (unpaired) electrons. The molecule has 2 nitrogen and oxygen atoms in total. The third-order valence-electron chi connectivity index (χ3n) is 2.39. The fourth-order valence-corrected chi connectivity index (χ4v) is 4.49. The fourth-order valence-electron chi connectivity index (χ4n) is 1.67. The quantitative estimate of drug-likeness (QED) is 0.569. The number of benzene rings is 2. The van der Waals surface area contributed by atoms with Crippen LogP contribution in [-0.4, -0.2) is 14.6 Å². The molecule has 3 heteroatoms. The van der Waals surface area contributed by atoms with Crippen LogP contribution in [0.2, 0.25) is 0 Å². The second kappa shape index (κ2) is 3.32. The molecule has 1 heterocycles. The van der Waals surface area contributed by atoms with Gasteiger partial charge in [-0.15, -0.1) is 0 Å². The van der Waals surface area contributed by atoms with Crippen LogP contribution in [-0.2, 0) is 3.74 Å². The molecule has 0 fully saturated rings. The Bertz CT molecular complexity index is 501. The summed E-state index contributed by atoms with van der Waals surface area (Å²) in [6.07, 6.45) is 0. The Morgan fingerprint density at radius 3 is 1.80 bits per heavy atom. The second-order valence-corrected chi connectivity index (χ2v) is 6.59. The van der Waals surface area contributed by atoms with Gasteiger partial charge in [-0.25, -0.2) is 0 Å². The first-order valence-corrected chi connectivity index (χ1v) is 7.34. The average molecular weight is 259 g/mol. The molecule has 2 aromatic rings. The van der Waals surface area contributed by atoms with Gasteiger partial charge in [0.05, 0.1) is 0 Å². The van der Waals surface area contributed by atoms with Gasteiger partial charge in [0, 0.05) is 0 Å². The average Bonchev–Trinajstić information content (AvgIpc) is 2.30. The third kappa shape index (κ3) is 1.33. The van der Waals surface area contributed by atoms with Gasteiger partial charge >= 0.3 is 91.8 Å². The van der Waals surface area contributed by atoms with E-state index in [0.717, 1.165) is 20.2 Å². The third-order valence-corrected chi connectivity index (χ3v) is 5.77. The minimum absolute atomic E-state index is 0.742. The van der Waals surface area contributed by atoms with E-state index < -0.39 is 14.6 Å². The topological polar surface area (TPSA) is 26.3 Å². The predicted octanol–water partition coefficient (Wildman–Crippen LogP) is 1.33. The van der Waals surface area contributed by atoms with E-state index in [1.807, 2.05) is 48.5 Å². The van der Waals surface area contributed by atoms with Gasteiger partial charge < -0.3 is 0 Å². The normalized spacial score (nSPS) is 12.7. The van der Waals surface area contributed by atoms with Crippen molar-refractivity contribution in [3.8, 4) is 11.5 Å². The van der Waals surface area contributed by atoms with Crippen LogP contribution in [0.5, 0.6) is 11.5 Å². The maximum atomic E-state index is 12.3. The molecule has 0 bridgehead atoms. The molecular weight excluding hydrogens is 251 g/mol. The zero-order valence-electron chi connectivity index (χ0n) is 7.88. The molecule has 3 rings (SSSR count). The van der Waals surface area contributed by atoms with Crippen LogP contribution >= 0.6 is 0 Å². The van der Waals surface area contributed by atoms with Crippen LogP contribution in [0.3, 0.4) is 0 Å². The molecule has 0 saturated carbocycles. The van der Waals surface area contributed by atoms with E-state index in [2.05, 4.69) is 0 Å². The second-order valence-electron chi connectivity index (χ2n) is 3.33. The van der Waals surface area contributed by atoms with Crippen molar-refractivity contribution in [1.29, 1.82) is 0 Å². The zero-order valence-corrected chi connectivity index (χ0v) is 9.76. The molecule has 2 aromatic carbocycles. The molecule has 1 aliphatic rings. The first-order valence-electron chi connectivity index (χ1n) is 4.69. The van der Waals surface area contributed by atoms with E-state index in [1.54, 1.807) is 0 Å². The number of fused-ring (bicyclic) bond motifs is 2. The molecule has 0 unspecified atom stereocenters. The van der Waals surface area contributed by atoms with Crippen molar-refractivity contribution in [2.24, 2.45) is 0 Å². The number of rotatable bonds is 0. The summed E-state index contributed by atoms with van der Waals surface area (Å²) in [6.45, 7) is 0. The van der Waals surface area contributed by atoms with E-state index in [4.69, 9.17) is 4.74 Å². The number of hydrogen-bond acceptors (Lipinski definition) is 2. The van der Waals surface area contributed by atoms with Gasteiger partial charge in [-0.1, -0.05) is 0 Å². The molecular formula is C12H8AsO2. The Labute approximate surface area is 92.0 Å². The first-order chi connectivity index (χ1) is 7.36. The van der Waals surface area contributed by atoms with Gasteiger partial charge in [0.15, 0.2) is 0 Å². The summed E-state index contributed by atoms with van der Waals surface area (Å²) < 4.78 is 19.7. The van der Waals surface area contributed by atoms with E-state index in [9.17, 15) is 3.74 Å². The van der Waals surface area contributed by atoms with Crippen LogP contribution < -0.4 is 13.4 Å². The van der Waals surface area contributed by atoms with Crippen molar-refractivity contribution in [3.05, 3.63) is 48.5 Å². The number of ether oxygens (including phenoxy) is 1. The van der Waals surface area contributed by atoms with Gasteiger partial charge in [-0.3, -0.25) is 0 Å². The summed E-state index contributed by atoms with van der Waals surface area (Å²) in [5, 5.41) is 0. The van der Waals surface area contributed by atoms with Crippen LogP contribution in [0.4, 0.5) is 0 Å². The Morgan fingerprint density at radius 1 is 0.800 bits per heavy atom. The van der Waals surface area contributed by atoms with Crippen LogP contribution in [0.25, 0.3) is 0 Å². The molecule has 0 aromatic heterocycles. The van der Waals surface area contributed by atoms with Gasteiger partial charge in [-0.2, -0.15) is 0 Å². The van der Waals surface area contributed by atoms with E-state index in [-0.39, 0.29) is 0 Å². The van der Waals surface area contributed by atoms with Crippen LogP contribution in [0.1, 0.15) is 0 Å². The molecule has 0 saturated heterocycles. The molecule has 15 heavy (non-hydrogen) atoms. The van der Waals surface area contributed by atoms with Crippen molar-refractivity contribution in [1.82, 2.24) is 0 Å². The maximum absolute atomic E-state index is 12.3. The van der Waals surface area contributed by atoms with Gasteiger partial charge in [0.2, 0.25) is 0 Å². The zero-order chi connectivity index (χ0) is 10.3. The van der Waals surface area contributed by atoms with Gasteiger partial charge in [-0.05, 0) is 0 Å². The Kier molecular flexibility index (Phi) is 1.96. The van der Waals surface area contributed by atoms with Crippen molar-refractivity contribution in [3.63, 3.8) is 0 Å². The molecule has 0 aliphatic carbocycles. The van der Waals surface area contributed by atoms with Gasteiger partial charge in [0.1, 0.15) is 0 Å². The summed E-state index contributed by atoms with van der Waals surface area (Å²) in [6, 6.07) is 15.1. The molecule has 0 atom stereocenters. The van der Waals surface area contributed by atoms with Crippen LogP contribution in [0, 0.1) is 0 Å². The summed E-state index contributed by atoms with van der Waals surface area (Å²) in [5.74, 6) is 1.48. The van der Waals surface area contributed by atoms with E-state index >= 15 is 0 Å². The van der Waals surface area contributed by atoms with Crippen molar-refractivity contribution >= 4 is 23.3 Å². The summed E-state index contributed by atoms with van der Waals surface area (Å²) in [7, 11) is 0.